The van der Waals surface area contributed by atoms with Crippen molar-refractivity contribution < 1.29 is 4.92 Å². The number of nitrogens with zero attached hydrogens (tertiary/aromatic N) is 1. The van der Waals surface area contributed by atoms with Gasteiger partial charge in [-0.3, -0.25) is 10.1 Å². The van der Waals surface area contributed by atoms with Crippen LogP contribution in [0.4, 0.5) is 11.4 Å². The van der Waals surface area contributed by atoms with E-state index in [1.165, 1.54) is 17.7 Å². The van der Waals surface area contributed by atoms with Crippen molar-refractivity contribution in [3.05, 3.63) is 68.2 Å². The number of benzene rings is 2. The molecule has 0 aliphatic carbocycles. The summed E-state index contributed by atoms with van der Waals surface area (Å²) in [7, 11) is 0. The van der Waals surface area contributed by atoms with Gasteiger partial charge in [0.1, 0.15) is 0 Å². The second kappa shape index (κ2) is 5.92. The van der Waals surface area contributed by atoms with Gasteiger partial charge in [-0.05, 0) is 37.6 Å². The summed E-state index contributed by atoms with van der Waals surface area (Å²) in [5, 5.41) is 14.7. The SMILES string of the molecule is Cc1ccc(NCc2cc(Cl)ccc2[N+](=O)[O-])c(C)c1. The lowest BCUT2D eigenvalue weighted by Gasteiger charge is -2.10. The Morgan fingerprint density at radius 1 is 1.20 bits per heavy atom. The van der Waals surface area contributed by atoms with Crippen LogP contribution in [-0.2, 0) is 6.54 Å². The molecule has 0 spiro atoms. The Labute approximate surface area is 122 Å². The summed E-state index contributed by atoms with van der Waals surface area (Å²) in [4.78, 5) is 10.6. The fourth-order valence-electron chi connectivity index (χ4n) is 2.08. The van der Waals surface area contributed by atoms with Gasteiger partial charge in [0.2, 0.25) is 0 Å². The van der Waals surface area contributed by atoms with Crippen molar-refractivity contribution in [2.24, 2.45) is 0 Å². The van der Waals surface area contributed by atoms with E-state index < -0.39 is 4.92 Å². The third-order valence-corrected chi connectivity index (χ3v) is 3.32. The Kier molecular flexibility index (Phi) is 4.25. The number of hydrogen-bond acceptors (Lipinski definition) is 3. The number of nitro groups is 1. The second-order valence-electron chi connectivity index (χ2n) is 4.70. The topological polar surface area (TPSA) is 55.2 Å². The third kappa shape index (κ3) is 3.27. The number of nitrogens with one attached hydrogen (secondary N) is 1. The monoisotopic (exact) mass is 290 g/mol. The minimum Gasteiger partial charge on any atom is -0.380 e. The first-order valence-electron chi connectivity index (χ1n) is 6.21. The molecule has 0 unspecified atom stereocenters. The van der Waals surface area contributed by atoms with Crippen molar-refractivity contribution in [2.75, 3.05) is 5.32 Å². The van der Waals surface area contributed by atoms with Gasteiger partial charge in [-0.1, -0.05) is 29.3 Å². The molecule has 0 fully saturated rings. The molecular weight excluding hydrogens is 276 g/mol. The molecule has 20 heavy (non-hydrogen) atoms. The first-order valence-corrected chi connectivity index (χ1v) is 6.59. The van der Waals surface area contributed by atoms with Gasteiger partial charge >= 0.3 is 0 Å². The Bertz CT molecular complexity index is 656. The maximum absolute atomic E-state index is 11.0. The average Bonchev–Trinajstić information content (AvgIpc) is 2.37. The quantitative estimate of drug-likeness (QED) is 0.667. The highest BCUT2D eigenvalue weighted by molar-refractivity contribution is 6.30. The Hall–Kier alpha value is -2.07. The summed E-state index contributed by atoms with van der Waals surface area (Å²) in [5.41, 5.74) is 3.90. The predicted molar refractivity (Wildman–Crippen MR) is 81.3 cm³/mol. The predicted octanol–water partition coefficient (Wildman–Crippen LogP) is 4.48. The van der Waals surface area contributed by atoms with Crippen LogP contribution in [0.2, 0.25) is 5.02 Å². The van der Waals surface area contributed by atoms with Crippen LogP contribution < -0.4 is 5.32 Å². The molecule has 1 N–H and O–H groups in total. The molecule has 0 aromatic heterocycles. The van der Waals surface area contributed by atoms with E-state index in [4.69, 9.17) is 11.6 Å². The first-order chi connectivity index (χ1) is 9.47. The molecule has 0 radical (unpaired) electrons. The Morgan fingerprint density at radius 2 is 1.95 bits per heavy atom. The largest absolute Gasteiger partial charge is 0.380 e. The van der Waals surface area contributed by atoms with Crippen LogP contribution in [0.15, 0.2) is 36.4 Å². The van der Waals surface area contributed by atoms with Crippen LogP contribution in [0.3, 0.4) is 0 Å². The summed E-state index contributed by atoms with van der Waals surface area (Å²) in [6.07, 6.45) is 0. The summed E-state index contributed by atoms with van der Waals surface area (Å²) in [6.45, 7) is 4.39. The smallest absolute Gasteiger partial charge is 0.274 e. The number of rotatable bonds is 4. The van der Waals surface area contributed by atoms with E-state index in [1.807, 2.05) is 26.0 Å². The number of hydrogen-bond donors (Lipinski definition) is 1. The molecule has 2 aromatic carbocycles. The average molecular weight is 291 g/mol. The van der Waals surface area contributed by atoms with Crippen LogP contribution >= 0.6 is 11.6 Å². The summed E-state index contributed by atoms with van der Waals surface area (Å²) in [5.74, 6) is 0. The fourth-order valence-corrected chi connectivity index (χ4v) is 2.27. The van der Waals surface area contributed by atoms with Crippen molar-refractivity contribution >= 4 is 23.0 Å². The molecule has 0 heterocycles. The minimum absolute atomic E-state index is 0.0756. The number of halogens is 1. The molecule has 0 amide bonds. The lowest BCUT2D eigenvalue weighted by Crippen LogP contribution is -2.04. The van der Waals surface area contributed by atoms with Crippen LogP contribution in [0.5, 0.6) is 0 Å². The van der Waals surface area contributed by atoms with Crippen molar-refractivity contribution in [1.82, 2.24) is 0 Å². The highest BCUT2D eigenvalue weighted by atomic mass is 35.5. The van der Waals surface area contributed by atoms with Crippen LogP contribution in [0.25, 0.3) is 0 Å². The van der Waals surface area contributed by atoms with E-state index in [-0.39, 0.29) is 5.69 Å². The zero-order valence-corrected chi connectivity index (χ0v) is 12.1. The van der Waals surface area contributed by atoms with Gasteiger partial charge in [0.25, 0.3) is 5.69 Å². The van der Waals surface area contributed by atoms with Crippen LogP contribution in [-0.4, -0.2) is 4.92 Å². The highest BCUT2D eigenvalue weighted by Crippen LogP contribution is 2.24. The summed E-state index contributed by atoms with van der Waals surface area (Å²) < 4.78 is 0. The molecule has 0 saturated heterocycles. The van der Waals surface area contributed by atoms with E-state index in [9.17, 15) is 10.1 Å². The molecule has 5 heteroatoms. The number of nitro benzene ring substituents is 1. The Balaban J connectivity index is 2.22. The van der Waals surface area contributed by atoms with E-state index >= 15 is 0 Å². The van der Waals surface area contributed by atoms with E-state index in [2.05, 4.69) is 11.4 Å². The van der Waals surface area contributed by atoms with Crippen molar-refractivity contribution in [3.63, 3.8) is 0 Å². The maximum atomic E-state index is 11.0. The maximum Gasteiger partial charge on any atom is 0.274 e. The van der Waals surface area contributed by atoms with Crippen LogP contribution in [0, 0.1) is 24.0 Å². The second-order valence-corrected chi connectivity index (χ2v) is 5.14. The van der Waals surface area contributed by atoms with Gasteiger partial charge in [0.15, 0.2) is 0 Å². The third-order valence-electron chi connectivity index (χ3n) is 3.09. The Morgan fingerprint density at radius 3 is 2.60 bits per heavy atom. The van der Waals surface area contributed by atoms with Crippen LogP contribution in [0.1, 0.15) is 16.7 Å². The van der Waals surface area contributed by atoms with Gasteiger partial charge in [-0.2, -0.15) is 0 Å². The van der Waals surface area contributed by atoms with Gasteiger partial charge in [0.05, 0.1) is 10.5 Å². The van der Waals surface area contributed by atoms with E-state index in [0.29, 0.717) is 17.1 Å². The molecule has 2 aromatic rings. The van der Waals surface area contributed by atoms with Gasteiger partial charge < -0.3 is 5.32 Å². The van der Waals surface area contributed by atoms with Crippen molar-refractivity contribution in [3.8, 4) is 0 Å². The number of anilines is 1. The molecule has 0 atom stereocenters. The fraction of sp³-hybridized carbons (Fsp3) is 0.200. The zero-order valence-electron chi connectivity index (χ0n) is 11.3. The minimum atomic E-state index is -0.394. The van der Waals surface area contributed by atoms with Gasteiger partial charge in [0, 0.05) is 23.3 Å². The standard InChI is InChI=1S/C15H15ClN2O2/c1-10-3-5-14(11(2)7-10)17-9-12-8-13(16)4-6-15(12)18(19)20/h3-8,17H,9H2,1-2H3. The number of aryl methyl sites for hydroxylation is 2. The molecule has 104 valence electrons. The lowest BCUT2D eigenvalue weighted by molar-refractivity contribution is -0.385. The lowest BCUT2D eigenvalue weighted by atomic mass is 10.1. The molecular formula is C15H15ClN2O2. The normalized spacial score (nSPS) is 10.3. The zero-order chi connectivity index (χ0) is 14.7. The summed E-state index contributed by atoms with van der Waals surface area (Å²) in [6, 6.07) is 10.6. The molecule has 2 rings (SSSR count). The molecule has 4 nitrogen and oxygen atoms in total. The molecule has 0 bridgehead atoms. The van der Waals surface area contributed by atoms with Crippen molar-refractivity contribution in [2.45, 2.75) is 20.4 Å². The van der Waals surface area contributed by atoms with E-state index in [0.717, 1.165) is 11.3 Å². The van der Waals surface area contributed by atoms with E-state index in [1.54, 1.807) is 6.07 Å². The first kappa shape index (κ1) is 14.3. The highest BCUT2D eigenvalue weighted by Gasteiger charge is 2.13. The van der Waals surface area contributed by atoms with Gasteiger partial charge in [-0.25, -0.2) is 0 Å². The molecule has 0 aliphatic heterocycles. The molecule has 0 aliphatic rings. The van der Waals surface area contributed by atoms with Gasteiger partial charge in [-0.15, -0.1) is 0 Å². The molecule has 0 saturated carbocycles. The summed E-state index contributed by atoms with van der Waals surface area (Å²) >= 11 is 5.90. The van der Waals surface area contributed by atoms with Crippen molar-refractivity contribution in [1.29, 1.82) is 0 Å².